The SMILES string of the molecule is CCOc1cc(/C=C2\SC(=O)N(C)C2=O)cc(Cl)c1OCc1ccc2c(c1)OCO2. The number of likely N-dealkylation sites (N-methyl/N-ethyl adjacent to an activating group) is 1. The fourth-order valence-electron chi connectivity index (χ4n) is 2.96. The molecule has 0 N–H and O–H groups in total. The van der Waals surface area contributed by atoms with Gasteiger partial charge < -0.3 is 18.9 Å². The molecule has 0 radical (unpaired) electrons. The number of imide groups is 1. The number of halogens is 1. The molecule has 0 spiro atoms. The van der Waals surface area contributed by atoms with Gasteiger partial charge in [0.25, 0.3) is 11.1 Å². The van der Waals surface area contributed by atoms with Crippen molar-refractivity contribution in [1.82, 2.24) is 4.90 Å². The first-order valence-electron chi connectivity index (χ1n) is 9.15. The minimum absolute atomic E-state index is 0.207. The fourth-order valence-corrected chi connectivity index (χ4v) is 4.06. The molecule has 30 heavy (non-hydrogen) atoms. The highest BCUT2D eigenvalue weighted by Crippen LogP contribution is 2.40. The van der Waals surface area contributed by atoms with Crippen molar-refractivity contribution in [2.75, 3.05) is 20.4 Å². The molecule has 2 aliphatic heterocycles. The zero-order valence-electron chi connectivity index (χ0n) is 16.3. The van der Waals surface area contributed by atoms with Crippen LogP contribution in [-0.2, 0) is 11.4 Å². The van der Waals surface area contributed by atoms with Crippen LogP contribution in [0.3, 0.4) is 0 Å². The second-order valence-electron chi connectivity index (χ2n) is 6.48. The standard InChI is InChI=1S/C21H18ClNO6S/c1-3-26-17-8-13(9-18-20(24)23(2)21(25)30-18)6-14(22)19(17)27-10-12-4-5-15-16(7-12)29-11-28-15/h4-9H,3,10-11H2,1-2H3/b18-9-. The number of nitrogens with zero attached hydrogens (tertiary/aromatic N) is 1. The minimum Gasteiger partial charge on any atom is -0.490 e. The monoisotopic (exact) mass is 447 g/mol. The maximum absolute atomic E-state index is 12.1. The maximum Gasteiger partial charge on any atom is 0.293 e. The van der Waals surface area contributed by atoms with Gasteiger partial charge in [-0.25, -0.2) is 0 Å². The lowest BCUT2D eigenvalue weighted by Crippen LogP contribution is -2.22. The molecule has 7 nitrogen and oxygen atoms in total. The Kier molecular flexibility index (Phi) is 5.78. The van der Waals surface area contributed by atoms with Crippen molar-refractivity contribution >= 4 is 40.6 Å². The van der Waals surface area contributed by atoms with Gasteiger partial charge >= 0.3 is 0 Å². The smallest absolute Gasteiger partial charge is 0.293 e. The van der Waals surface area contributed by atoms with Gasteiger partial charge in [-0.15, -0.1) is 0 Å². The van der Waals surface area contributed by atoms with E-state index in [4.69, 9.17) is 30.5 Å². The molecule has 9 heteroatoms. The Hall–Kier alpha value is -2.84. The molecule has 0 aliphatic carbocycles. The summed E-state index contributed by atoms with van der Waals surface area (Å²) in [4.78, 5) is 25.2. The number of rotatable bonds is 6. The van der Waals surface area contributed by atoms with Crippen LogP contribution in [0.25, 0.3) is 6.08 Å². The number of benzene rings is 2. The molecular formula is C21H18ClNO6S. The molecule has 2 heterocycles. The number of hydrogen-bond donors (Lipinski definition) is 0. The average molecular weight is 448 g/mol. The molecule has 1 fully saturated rings. The van der Waals surface area contributed by atoms with E-state index < -0.39 is 0 Å². The third-order valence-corrected chi connectivity index (χ3v) is 5.68. The summed E-state index contributed by atoms with van der Waals surface area (Å²) in [6, 6.07) is 8.97. The number of ether oxygens (including phenoxy) is 4. The number of thioether (sulfide) groups is 1. The first kappa shape index (κ1) is 20.4. The number of fused-ring (bicyclic) bond motifs is 1. The van der Waals surface area contributed by atoms with Gasteiger partial charge in [0.2, 0.25) is 6.79 Å². The predicted molar refractivity (Wildman–Crippen MR) is 113 cm³/mol. The van der Waals surface area contributed by atoms with Gasteiger partial charge in [0.1, 0.15) is 6.61 Å². The lowest BCUT2D eigenvalue weighted by Gasteiger charge is -2.15. The van der Waals surface area contributed by atoms with Crippen LogP contribution in [-0.4, -0.2) is 36.5 Å². The van der Waals surface area contributed by atoms with Crippen molar-refractivity contribution in [1.29, 1.82) is 0 Å². The Balaban J connectivity index is 1.57. The first-order chi connectivity index (χ1) is 14.5. The van der Waals surface area contributed by atoms with Crippen LogP contribution in [0.2, 0.25) is 5.02 Å². The summed E-state index contributed by atoms with van der Waals surface area (Å²) < 4.78 is 22.3. The lowest BCUT2D eigenvalue weighted by atomic mass is 10.1. The molecule has 1 saturated heterocycles. The van der Waals surface area contributed by atoms with E-state index in [1.165, 1.54) is 7.05 Å². The Labute approximate surface area is 182 Å². The van der Waals surface area contributed by atoms with Crippen molar-refractivity contribution in [3.63, 3.8) is 0 Å². The molecule has 0 unspecified atom stereocenters. The summed E-state index contributed by atoms with van der Waals surface area (Å²) in [6.45, 7) is 2.72. The number of amides is 2. The van der Waals surface area contributed by atoms with Gasteiger partial charge in [-0.3, -0.25) is 14.5 Å². The Morgan fingerprint density at radius 3 is 2.70 bits per heavy atom. The Morgan fingerprint density at radius 2 is 1.97 bits per heavy atom. The van der Waals surface area contributed by atoms with Crippen LogP contribution in [0, 0.1) is 0 Å². The van der Waals surface area contributed by atoms with E-state index in [1.807, 2.05) is 25.1 Å². The van der Waals surface area contributed by atoms with E-state index in [-0.39, 0.29) is 24.5 Å². The zero-order chi connectivity index (χ0) is 21.3. The molecule has 2 aliphatic rings. The van der Waals surface area contributed by atoms with E-state index in [1.54, 1.807) is 18.2 Å². The number of carbonyl (C=O) groups excluding carboxylic acids is 2. The topological polar surface area (TPSA) is 74.3 Å². The fraction of sp³-hybridized carbons (Fsp3) is 0.238. The van der Waals surface area contributed by atoms with Crippen molar-refractivity contribution in [3.05, 3.63) is 51.4 Å². The van der Waals surface area contributed by atoms with E-state index in [0.29, 0.717) is 45.1 Å². The third-order valence-electron chi connectivity index (χ3n) is 4.44. The Morgan fingerprint density at radius 1 is 1.17 bits per heavy atom. The summed E-state index contributed by atoms with van der Waals surface area (Å²) >= 11 is 7.35. The Bertz CT molecular complexity index is 1050. The summed E-state index contributed by atoms with van der Waals surface area (Å²) in [5.41, 5.74) is 1.52. The van der Waals surface area contributed by atoms with E-state index in [9.17, 15) is 9.59 Å². The molecule has 4 rings (SSSR count). The van der Waals surface area contributed by atoms with Crippen LogP contribution >= 0.6 is 23.4 Å². The van der Waals surface area contributed by atoms with Crippen molar-refractivity contribution in [2.45, 2.75) is 13.5 Å². The van der Waals surface area contributed by atoms with E-state index in [0.717, 1.165) is 22.2 Å². The third kappa shape index (κ3) is 4.06. The summed E-state index contributed by atoms with van der Waals surface area (Å²) in [7, 11) is 1.45. The molecule has 2 aromatic rings. The van der Waals surface area contributed by atoms with Gasteiger partial charge in [0.05, 0.1) is 16.5 Å². The highest BCUT2D eigenvalue weighted by atomic mass is 35.5. The molecule has 156 valence electrons. The molecule has 2 amide bonds. The van der Waals surface area contributed by atoms with E-state index in [2.05, 4.69) is 0 Å². The van der Waals surface area contributed by atoms with Crippen LogP contribution in [0.4, 0.5) is 4.79 Å². The van der Waals surface area contributed by atoms with Crippen LogP contribution in [0.15, 0.2) is 35.2 Å². The van der Waals surface area contributed by atoms with Crippen molar-refractivity contribution in [3.8, 4) is 23.0 Å². The quantitative estimate of drug-likeness (QED) is 0.593. The van der Waals surface area contributed by atoms with Gasteiger partial charge in [-0.1, -0.05) is 17.7 Å². The minimum atomic E-state index is -0.345. The largest absolute Gasteiger partial charge is 0.490 e. The second-order valence-corrected chi connectivity index (χ2v) is 7.88. The van der Waals surface area contributed by atoms with Crippen LogP contribution < -0.4 is 18.9 Å². The zero-order valence-corrected chi connectivity index (χ0v) is 17.8. The van der Waals surface area contributed by atoms with Crippen molar-refractivity contribution in [2.24, 2.45) is 0 Å². The van der Waals surface area contributed by atoms with Crippen molar-refractivity contribution < 1.29 is 28.5 Å². The summed E-state index contributed by atoms with van der Waals surface area (Å²) in [6.07, 6.45) is 1.62. The second kappa shape index (κ2) is 8.49. The van der Waals surface area contributed by atoms with Gasteiger partial charge in [-0.05, 0) is 60.2 Å². The maximum atomic E-state index is 12.1. The van der Waals surface area contributed by atoms with Gasteiger partial charge in [0.15, 0.2) is 23.0 Å². The molecule has 2 aromatic carbocycles. The average Bonchev–Trinajstić information content (AvgIpc) is 3.28. The highest BCUT2D eigenvalue weighted by molar-refractivity contribution is 8.18. The van der Waals surface area contributed by atoms with E-state index >= 15 is 0 Å². The first-order valence-corrected chi connectivity index (χ1v) is 10.3. The lowest BCUT2D eigenvalue weighted by molar-refractivity contribution is -0.121. The molecule has 0 saturated carbocycles. The molecule has 0 bridgehead atoms. The molecule has 0 aromatic heterocycles. The number of carbonyl (C=O) groups is 2. The van der Waals surface area contributed by atoms with Crippen LogP contribution in [0.5, 0.6) is 23.0 Å². The summed E-state index contributed by atoms with van der Waals surface area (Å²) in [5.74, 6) is 1.88. The summed E-state index contributed by atoms with van der Waals surface area (Å²) in [5, 5.41) is 0.0229. The molecule has 0 atom stereocenters. The van der Waals surface area contributed by atoms with Gasteiger partial charge in [0, 0.05) is 7.05 Å². The molecular weight excluding hydrogens is 430 g/mol. The normalized spacial score (nSPS) is 16.5. The highest BCUT2D eigenvalue weighted by Gasteiger charge is 2.32. The van der Waals surface area contributed by atoms with Gasteiger partial charge in [-0.2, -0.15) is 0 Å². The van der Waals surface area contributed by atoms with Crippen LogP contribution in [0.1, 0.15) is 18.1 Å². The predicted octanol–water partition coefficient (Wildman–Crippen LogP) is 4.71. The number of hydrogen-bond acceptors (Lipinski definition) is 7.